The Morgan fingerprint density at radius 1 is 1.15 bits per heavy atom. The fraction of sp³-hybridized carbons (Fsp3) is 0.300. The third kappa shape index (κ3) is 3.96. The van der Waals surface area contributed by atoms with Crippen LogP contribution in [0.2, 0.25) is 5.02 Å². The molecule has 5 nitrogen and oxygen atoms in total. The average molecular weight is 449 g/mol. The number of nitrogens with zero attached hydrogens (tertiary/aromatic N) is 2. The molecule has 2 amide bonds. The summed E-state index contributed by atoms with van der Waals surface area (Å²) in [6, 6.07) is 15.1. The van der Waals surface area contributed by atoms with Gasteiger partial charge in [0.15, 0.2) is 0 Å². The lowest BCUT2D eigenvalue weighted by Crippen LogP contribution is -2.48. The number of piperidine rings is 1. The standard InChI is InChI=1S/C20H19BrClN3O2/c21-16-3-1-2-4-17(16)23-19(26)25-11-9-20(10-12-25)13-18(24-27-20)14-5-7-15(22)8-6-14/h1-8H,9-13H2,(H,23,26). The van der Waals surface area contributed by atoms with E-state index in [-0.39, 0.29) is 11.6 Å². The van der Waals surface area contributed by atoms with Crippen LogP contribution >= 0.6 is 27.5 Å². The van der Waals surface area contributed by atoms with E-state index in [1.165, 1.54) is 0 Å². The van der Waals surface area contributed by atoms with Crippen LogP contribution in [0.25, 0.3) is 0 Å². The van der Waals surface area contributed by atoms with Gasteiger partial charge in [0.25, 0.3) is 0 Å². The maximum atomic E-state index is 12.6. The summed E-state index contributed by atoms with van der Waals surface area (Å²) in [5.74, 6) is 0. The van der Waals surface area contributed by atoms with Gasteiger partial charge < -0.3 is 15.1 Å². The van der Waals surface area contributed by atoms with Gasteiger partial charge in [-0.1, -0.05) is 41.0 Å². The fourth-order valence-electron chi connectivity index (χ4n) is 3.46. The maximum Gasteiger partial charge on any atom is 0.321 e. The summed E-state index contributed by atoms with van der Waals surface area (Å²) >= 11 is 9.41. The zero-order chi connectivity index (χ0) is 18.9. The van der Waals surface area contributed by atoms with E-state index in [4.69, 9.17) is 16.4 Å². The van der Waals surface area contributed by atoms with Crippen LogP contribution in [-0.2, 0) is 4.84 Å². The summed E-state index contributed by atoms with van der Waals surface area (Å²) in [6.07, 6.45) is 2.28. The van der Waals surface area contributed by atoms with Gasteiger partial charge in [0.2, 0.25) is 0 Å². The smallest absolute Gasteiger partial charge is 0.321 e. The van der Waals surface area contributed by atoms with E-state index in [1.54, 1.807) is 0 Å². The summed E-state index contributed by atoms with van der Waals surface area (Å²) in [7, 11) is 0. The Kier molecular flexibility index (Phi) is 5.10. The molecule has 2 aromatic rings. The van der Waals surface area contributed by atoms with Gasteiger partial charge in [0, 0.05) is 41.8 Å². The first-order chi connectivity index (χ1) is 13.0. The number of hydrogen-bond donors (Lipinski definition) is 1. The van der Waals surface area contributed by atoms with Gasteiger partial charge in [-0.25, -0.2) is 4.79 Å². The van der Waals surface area contributed by atoms with Crippen molar-refractivity contribution < 1.29 is 9.63 Å². The number of likely N-dealkylation sites (tertiary alicyclic amines) is 1. The van der Waals surface area contributed by atoms with E-state index in [0.717, 1.165) is 40.7 Å². The van der Waals surface area contributed by atoms with E-state index in [2.05, 4.69) is 26.4 Å². The lowest BCUT2D eigenvalue weighted by molar-refractivity contribution is -0.0544. The number of halogens is 2. The summed E-state index contributed by atoms with van der Waals surface area (Å²) in [6.45, 7) is 1.28. The molecule has 0 radical (unpaired) electrons. The van der Waals surface area contributed by atoms with Crippen LogP contribution < -0.4 is 5.32 Å². The van der Waals surface area contributed by atoms with Crippen molar-refractivity contribution >= 4 is 45.0 Å². The first kappa shape index (κ1) is 18.3. The number of nitrogens with one attached hydrogen (secondary N) is 1. The van der Waals surface area contributed by atoms with Gasteiger partial charge in [-0.05, 0) is 45.8 Å². The zero-order valence-electron chi connectivity index (χ0n) is 14.6. The molecule has 2 aliphatic rings. The molecular formula is C20H19BrClN3O2. The molecule has 2 heterocycles. The molecule has 1 spiro atoms. The first-order valence-electron chi connectivity index (χ1n) is 8.86. The molecule has 0 atom stereocenters. The van der Waals surface area contributed by atoms with Crippen LogP contribution in [0.1, 0.15) is 24.8 Å². The van der Waals surface area contributed by atoms with Crippen molar-refractivity contribution in [3.05, 3.63) is 63.6 Å². The van der Waals surface area contributed by atoms with E-state index >= 15 is 0 Å². The van der Waals surface area contributed by atoms with Gasteiger partial charge in [-0.3, -0.25) is 0 Å². The molecule has 0 unspecified atom stereocenters. The van der Waals surface area contributed by atoms with Crippen LogP contribution in [0.15, 0.2) is 58.2 Å². The highest BCUT2D eigenvalue weighted by atomic mass is 79.9. The van der Waals surface area contributed by atoms with Crippen molar-refractivity contribution in [3.63, 3.8) is 0 Å². The number of urea groups is 1. The Hall–Kier alpha value is -2.05. The largest absolute Gasteiger partial charge is 0.388 e. The third-order valence-corrected chi connectivity index (χ3v) is 6.04. The molecule has 27 heavy (non-hydrogen) atoms. The topological polar surface area (TPSA) is 53.9 Å². The Morgan fingerprint density at radius 2 is 1.85 bits per heavy atom. The van der Waals surface area contributed by atoms with Gasteiger partial charge >= 0.3 is 6.03 Å². The Bertz CT molecular complexity index is 877. The molecular weight excluding hydrogens is 430 g/mol. The third-order valence-electron chi connectivity index (χ3n) is 5.09. The minimum atomic E-state index is -0.306. The molecule has 0 saturated carbocycles. The van der Waals surface area contributed by atoms with Gasteiger partial charge in [-0.2, -0.15) is 0 Å². The summed E-state index contributed by atoms with van der Waals surface area (Å²) < 4.78 is 0.868. The molecule has 0 bridgehead atoms. The van der Waals surface area contributed by atoms with Crippen molar-refractivity contribution in [2.24, 2.45) is 5.16 Å². The van der Waals surface area contributed by atoms with Crippen LogP contribution in [-0.4, -0.2) is 35.3 Å². The van der Waals surface area contributed by atoms with Gasteiger partial charge in [-0.15, -0.1) is 0 Å². The number of benzene rings is 2. The van der Waals surface area contributed by atoms with E-state index < -0.39 is 0 Å². The number of para-hydroxylation sites is 1. The van der Waals surface area contributed by atoms with Crippen LogP contribution in [0, 0.1) is 0 Å². The zero-order valence-corrected chi connectivity index (χ0v) is 17.0. The highest BCUT2D eigenvalue weighted by molar-refractivity contribution is 9.10. The molecule has 2 aliphatic heterocycles. The van der Waals surface area contributed by atoms with Crippen molar-refractivity contribution in [3.8, 4) is 0 Å². The highest BCUT2D eigenvalue weighted by Crippen LogP contribution is 2.36. The molecule has 4 rings (SSSR count). The van der Waals surface area contributed by atoms with Crippen LogP contribution in [0.4, 0.5) is 10.5 Å². The normalized spacial score (nSPS) is 18.1. The summed E-state index contributed by atoms with van der Waals surface area (Å²) in [5.41, 5.74) is 2.44. The second kappa shape index (κ2) is 7.52. The minimum Gasteiger partial charge on any atom is -0.388 e. The predicted octanol–water partition coefficient (Wildman–Crippen LogP) is 5.29. The number of amides is 2. The SMILES string of the molecule is O=C(Nc1ccccc1Br)N1CCC2(CC1)CC(c1ccc(Cl)cc1)=NO2. The Labute approximate surface area is 171 Å². The summed E-state index contributed by atoms with van der Waals surface area (Å²) in [5, 5.41) is 7.97. The highest BCUT2D eigenvalue weighted by Gasteiger charge is 2.43. The van der Waals surface area contributed by atoms with Crippen molar-refractivity contribution in [2.75, 3.05) is 18.4 Å². The minimum absolute atomic E-state index is 0.0893. The second-order valence-electron chi connectivity index (χ2n) is 6.89. The van der Waals surface area contributed by atoms with Crippen LogP contribution in [0.5, 0.6) is 0 Å². The molecule has 1 fully saturated rings. The molecule has 0 aromatic heterocycles. The van der Waals surface area contributed by atoms with Crippen LogP contribution in [0.3, 0.4) is 0 Å². The van der Waals surface area contributed by atoms with Gasteiger partial charge in [0.1, 0.15) is 5.60 Å². The quantitative estimate of drug-likeness (QED) is 0.678. The number of carbonyl (C=O) groups is 1. The molecule has 1 N–H and O–H groups in total. The fourth-order valence-corrected chi connectivity index (χ4v) is 3.97. The maximum absolute atomic E-state index is 12.6. The number of rotatable bonds is 2. The van der Waals surface area contributed by atoms with Crippen molar-refractivity contribution in [2.45, 2.75) is 24.9 Å². The van der Waals surface area contributed by atoms with E-state index in [9.17, 15) is 4.79 Å². The lowest BCUT2D eigenvalue weighted by atomic mass is 9.85. The van der Waals surface area contributed by atoms with Gasteiger partial charge in [0.05, 0.1) is 11.4 Å². The molecule has 0 aliphatic carbocycles. The predicted molar refractivity (Wildman–Crippen MR) is 110 cm³/mol. The number of carbonyl (C=O) groups excluding carboxylic acids is 1. The average Bonchev–Trinajstić information content (AvgIpc) is 3.08. The molecule has 7 heteroatoms. The first-order valence-corrected chi connectivity index (χ1v) is 10.0. The Morgan fingerprint density at radius 3 is 2.56 bits per heavy atom. The molecule has 140 valence electrons. The Balaban J connectivity index is 1.35. The van der Waals surface area contributed by atoms with Crippen molar-refractivity contribution in [1.29, 1.82) is 0 Å². The lowest BCUT2D eigenvalue weighted by Gasteiger charge is -2.37. The molecule has 1 saturated heterocycles. The van der Waals surface area contributed by atoms with E-state index in [0.29, 0.717) is 18.1 Å². The van der Waals surface area contributed by atoms with Crippen molar-refractivity contribution in [1.82, 2.24) is 4.90 Å². The number of oxime groups is 1. The van der Waals surface area contributed by atoms with E-state index in [1.807, 2.05) is 53.4 Å². The number of anilines is 1. The monoisotopic (exact) mass is 447 g/mol. The number of hydrogen-bond acceptors (Lipinski definition) is 3. The second-order valence-corrected chi connectivity index (χ2v) is 8.18. The molecule has 2 aromatic carbocycles. The summed E-state index contributed by atoms with van der Waals surface area (Å²) in [4.78, 5) is 20.2.